The van der Waals surface area contributed by atoms with Gasteiger partial charge in [-0.2, -0.15) is 0 Å². The van der Waals surface area contributed by atoms with Crippen LogP contribution in [0.25, 0.3) is 10.9 Å². The summed E-state index contributed by atoms with van der Waals surface area (Å²) in [5.74, 6) is 0.177. The summed E-state index contributed by atoms with van der Waals surface area (Å²) < 4.78 is 0. The number of rotatable bonds is 7. The highest BCUT2D eigenvalue weighted by atomic mass is 16.4. The fourth-order valence-electron chi connectivity index (χ4n) is 2.32. The molecule has 0 saturated carbocycles. The number of carboxylic acid groups (broad SMARTS) is 1. The third kappa shape index (κ3) is 3.70. The van der Waals surface area contributed by atoms with Gasteiger partial charge in [-0.3, -0.25) is 0 Å². The monoisotopic (exact) mass is 288 g/mol. The van der Waals surface area contributed by atoms with Crippen LogP contribution in [0.4, 0.5) is 5.82 Å². The number of carbonyl (C=O) groups is 1. The number of nitrogens with zero attached hydrogens (tertiary/aromatic N) is 1. The molecule has 1 heterocycles. The number of fused-ring (bicyclic) bond motifs is 1. The Labute approximate surface area is 123 Å². The maximum Gasteiger partial charge on any atom is 0.336 e. The number of hydrogen-bond donors (Lipinski definition) is 3. The molecular formula is C16H20N2O3. The van der Waals surface area contributed by atoms with E-state index in [-0.39, 0.29) is 12.2 Å². The van der Waals surface area contributed by atoms with Gasteiger partial charge in [0.2, 0.25) is 0 Å². The minimum atomic E-state index is -0.947. The Kier molecular flexibility index (Phi) is 5.11. The zero-order valence-electron chi connectivity index (χ0n) is 12.0. The number of carboxylic acids is 1. The summed E-state index contributed by atoms with van der Waals surface area (Å²) in [5, 5.41) is 22.0. The van der Waals surface area contributed by atoms with Crippen molar-refractivity contribution in [2.45, 2.75) is 19.8 Å². The van der Waals surface area contributed by atoms with Crippen molar-refractivity contribution in [3.63, 3.8) is 0 Å². The first-order valence-corrected chi connectivity index (χ1v) is 7.13. The molecule has 1 aromatic carbocycles. The van der Waals surface area contributed by atoms with Crippen LogP contribution >= 0.6 is 0 Å². The molecule has 0 saturated heterocycles. The van der Waals surface area contributed by atoms with Crippen LogP contribution in [0.15, 0.2) is 30.3 Å². The minimum absolute atomic E-state index is 0.188. The van der Waals surface area contributed by atoms with Crippen LogP contribution in [0, 0.1) is 5.92 Å². The third-order valence-electron chi connectivity index (χ3n) is 3.65. The normalized spacial score (nSPS) is 12.3. The molecule has 5 heteroatoms. The molecule has 2 aromatic rings. The van der Waals surface area contributed by atoms with Crippen molar-refractivity contribution in [2.24, 2.45) is 5.92 Å². The SMILES string of the molecule is CCC(CCO)CNc1ccc2c(C(=O)O)cccc2n1. The smallest absolute Gasteiger partial charge is 0.336 e. The molecule has 0 spiro atoms. The number of aliphatic hydroxyl groups excluding tert-OH is 1. The summed E-state index contributed by atoms with van der Waals surface area (Å²) >= 11 is 0. The van der Waals surface area contributed by atoms with Crippen molar-refractivity contribution < 1.29 is 15.0 Å². The number of aliphatic hydroxyl groups is 1. The first-order valence-electron chi connectivity index (χ1n) is 7.13. The van der Waals surface area contributed by atoms with Gasteiger partial charge in [0.05, 0.1) is 11.1 Å². The molecule has 1 aromatic heterocycles. The molecule has 1 atom stereocenters. The molecule has 0 aliphatic rings. The van der Waals surface area contributed by atoms with Gasteiger partial charge < -0.3 is 15.5 Å². The molecule has 21 heavy (non-hydrogen) atoms. The van der Waals surface area contributed by atoms with Gasteiger partial charge in [0.1, 0.15) is 5.82 Å². The zero-order chi connectivity index (χ0) is 15.2. The Hall–Kier alpha value is -2.14. The second-order valence-corrected chi connectivity index (χ2v) is 5.04. The quantitative estimate of drug-likeness (QED) is 0.729. The van der Waals surface area contributed by atoms with Crippen molar-refractivity contribution in [1.82, 2.24) is 4.98 Å². The van der Waals surface area contributed by atoms with Gasteiger partial charge in [0, 0.05) is 18.5 Å². The molecule has 0 fully saturated rings. The summed E-state index contributed by atoms with van der Waals surface area (Å²) in [6.07, 6.45) is 1.75. The van der Waals surface area contributed by atoms with Crippen molar-refractivity contribution in [2.75, 3.05) is 18.5 Å². The second-order valence-electron chi connectivity index (χ2n) is 5.04. The van der Waals surface area contributed by atoms with Crippen molar-refractivity contribution in [3.8, 4) is 0 Å². The van der Waals surface area contributed by atoms with Crippen molar-refractivity contribution in [3.05, 3.63) is 35.9 Å². The summed E-state index contributed by atoms with van der Waals surface area (Å²) in [7, 11) is 0. The van der Waals surface area contributed by atoms with Crippen LogP contribution in [0.3, 0.4) is 0 Å². The maximum absolute atomic E-state index is 11.2. The fraction of sp³-hybridized carbons (Fsp3) is 0.375. The van der Waals surface area contributed by atoms with Gasteiger partial charge in [-0.15, -0.1) is 0 Å². The molecular weight excluding hydrogens is 268 g/mol. The van der Waals surface area contributed by atoms with E-state index in [0.717, 1.165) is 25.2 Å². The molecule has 112 valence electrons. The van der Waals surface area contributed by atoms with Crippen LogP contribution in [-0.4, -0.2) is 34.3 Å². The van der Waals surface area contributed by atoms with Crippen LogP contribution in [0.2, 0.25) is 0 Å². The molecule has 0 radical (unpaired) electrons. The number of hydrogen-bond acceptors (Lipinski definition) is 4. The van der Waals surface area contributed by atoms with E-state index in [9.17, 15) is 4.79 Å². The lowest BCUT2D eigenvalue weighted by atomic mass is 10.0. The van der Waals surface area contributed by atoms with Gasteiger partial charge in [-0.05, 0) is 36.6 Å². The fourth-order valence-corrected chi connectivity index (χ4v) is 2.32. The number of benzene rings is 1. The lowest BCUT2D eigenvalue weighted by Crippen LogP contribution is -2.15. The summed E-state index contributed by atoms with van der Waals surface area (Å²) in [6, 6.07) is 8.65. The van der Waals surface area contributed by atoms with E-state index in [0.29, 0.717) is 16.8 Å². The predicted molar refractivity (Wildman–Crippen MR) is 82.7 cm³/mol. The largest absolute Gasteiger partial charge is 0.478 e. The topological polar surface area (TPSA) is 82.5 Å². The molecule has 5 nitrogen and oxygen atoms in total. The maximum atomic E-state index is 11.2. The van der Waals surface area contributed by atoms with Crippen LogP contribution in [0.1, 0.15) is 30.1 Å². The average molecular weight is 288 g/mol. The molecule has 0 aliphatic heterocycles. The van der Waals surface area contributed by atoms with Crippen LogP contribution < -0.4 is 5.32 Å². The Morgan fingerprint density at radius 1 is 1.33 bits per heavy atom. The Morgan fingerprint density at radius 3 is 2.81 bits per heavy atom. The van der Waals surface area contributed by atoms with Gasteiger partial charge in [0.25, 0.3) is 0 Å². The van der Waals surface area contributed by atoms with E-state index in [1.807, 2.05) is 0 Å². The third-order valence-corrected chi connectivity index (χ3v) is 3.65. The first-order chi connectivity index (χ1) is 10.2. The van der Waals surface area contributed by atoms with E-state index >= 15 is 0 Å². The van der Waals surface area contributed by atoms with Gasteiger partial charge in [0.15, 0.2) is 0 Å². The average Bonchev–Trinajstić information content (AvgIpc) is 2.50. The van der Waals surface area contributed by atoms with Crippen molar-refractivity contribution in [1.29, 1.82) is 0 Å². The summed E-state index contributed by atoms with van der Waals surface area (Å²) in [6.45, 7) is 3.02. The Morgan fingerprint density at radius 2 is 2.14 bits per heavy atom. The minimum Gasteiger partial charge on any atom is -0.478 e. The van der Waals surface area contributed by atoms with Crippen LogP contribution in [-0.2, 0) is 0 Å². The predicted octanol–water partition coefficient (Wildman–Crippen LogP) is 2.75. The Bertz CT molecular complexity index is 628. The molecule has 2 rings (SSSR count). The molecule has 1 unspecified atom stereocenters. The first kappa shape index (κ1) is 15.3. The van der Waals surface area contributed by atoms with Gasteiger partial charge >= 0.3 is 5.97 Å². The lowest BCUT2D eigenvalue weighted by molar-refractivity contribution is 0.0699. The molecule has 0 amide bonds. The van der Waals surface area contributed by atoms with E-state index in [2.05, 4.69) is 17.2 Å². The van der Waals surface area contributed by atoms with E-state index in [1.165, 1.54) is 0 Å². The highest BCUT2D eigenvalue weighted by Crippen LogP contribution is 2.20. The van der Waals surface area contributed by atoms with Crippen molar-refractivity contribution >= 4 is 22.7 Å². The Balaban J connectivity index is 2.18. The summed E-state index contributed by atoms with van der Waals surface area (Å²) in [5.41, 5.74) is 0.924. The zero-order valence-corrected chi connectivity index (χ0v) is 12.0. The number of aromatic nitrogens is 1. The van der Waals surface area contributed by atoms with Crippen LogP contribution in [0.5, 0.6) is 0 Å². The van der Waals surface area contributed by atoms with E-state index in [1.54, 1.807) is 30.3 Å². The van der Waals surface area contributed by atoms with Gasteiger partial charge in [-0.1, -0.05) is 19.4 Å². The second kappa shape index (κ2) is 7.04. The summed E-state index contributed by atoms with van der Waals surface area (Å²) in [4.78, 5) is 15.6. The molecule has 3 N–H and O–H groups in total. The van der Waals surface area contributed by atoms with E-state index in [4.69, 9.17) is 10.2 Å². The molecule has 0 aliphatic carbocycles. The number of aromatic carboxylic acids is 1. The number of anilines is 1. The van der Waals surface area contributed by atoms with Gasteiger partial charge in [-0.25, -0.2) is 9.78 Å². The highest BCUT2D eigenvalue weighted by molar-refractivity contribution is 6.02. The number of nitrogens with one attached hydrogen (secondary N) is 1. The standard InChI is InChI=1S/C16H20N2O3/c1-2-11(8-9-19)10-17-15-7-6-12-13(16(20)21)4-3-5-14(12)18-15/h3-7,11,19H,2,8-10H2,1H3,(H,17,18)(H,20,21). The number of pyridine rings is 1. The molecule has 0 bridgehead atoms. The highest BCUT2D eigenvalue weighted by Gasteiger charge is 2.10. The lowest BCUT2D eigenvalue weighted by Gasteiger charge is -2.15. The van der Waals surface area contributed by atoms with E-state index < -0.39 is 5.97 Å².